The van der Waals surface area contributed by atoms with Crippen molar-refractivity contribution in [3.8, 4) is 11.1 Å². The molecule has 0 radical (unpaired) electrons. The van der Waals surface area contributed by atoms with Crippen LogP contribution in [0, 0.1) is 0 Å². The van der Waals surface area contributed by atoms with Crippen LogP contribution in [0.25, 0.3) is 11.1 Å². The quantitative estimate of drug-likeness (QED) is 0.811. The molecule has 0 amide bonds. The van der Waals surface area contributed by atoms with Crippen LogP contribution in [0.5, 0.6) is 0 Å². The number of unbranched alkanes of at least 4 members (excludes halogenated alkanes) is 1. The van der Waals surface area contributed by atoms with Gasteiger partial charge in [-0.15, -0.1) is 12.4 Å². The highest BCUT2D eigenvalue weighted by Crippen LogP contribution is 2.21. The van der Waals surface area contributed by atoms with E-state index in [0.717, 1.165) is 6.42 Å². The first-order valence-electron chi connectivity index (χ1n) is 7.77. The summed E-state index contributed by atoms with van der Waals surface area (Å²) in [5.41, 5.74) is 10.8. The topological polar surface area (TPSA) is 46.2 Å². The molecule has 3 heteroatoms. The lowest BCUT2D eigenvalue weighted by Gasteiger charge is -2.09. The minimum absolute atomic E-state index is 0. The molecule has 1 unspecified atom stereocenters. The Morgan fingerprint density at radius 2 is 1.41 bits per heavy atom. The highest BCUT2D eigenvalue weighted by molar-refractivity contribution is 5.85. The summed E-state index contributed by atoms with van der Waals surface area (Å²) < 4.78 is 0. The molecule has 22 heavy (non-hydrogen) atoms. The standard InChI is InChI=1S/C19H25NO.ClH/c1-2-3-4-15-5-9-17(10-6-15)18-11-7-16(8-12-18)13-19(20)14-21;/h5-12,19,21H,2-4,13-14,20H2,1H3;1H. The molecule has 0 spiro atoms. The Labute approximate surface area is 139 Å². The molecule has 2 nitrogen and oxygen atoms in total. The second-order valence-corrected chi connectivity index (χ2v) is 5.64. The van der Waals surface area contributed by atoms with Crippen LogP contribution >= 0.6 is 12.4 Å². The van der Waals surface area contributed by atoms with E-state index in [-0.39, 0.29) is 25.1 Å². The van der Waals surface area contributed by atoms with Crippen LogP contribution in [-0.2, 0) is 12.8 Å². The molecule has 0 heterocycles. The molecule has 1 atom stereocenters. The summed E-state index contributed by atoms with van der Waals surface area (Å²) in [6.45, 7) is 2.25. The summed E-state index contributed by atoms with van der Waals surface area (Å²) in [7, 11) is 0. The van der Waals surface area contributed by atoms with E-state index in [4.69, 9.17) is 10.8 Å². The van der Waals surface area contributed by atoms with Gasteiger partial charge in [0.2, 0.25) is 0 Å². The average molecular weight is 320 g/mol. The van der Waals surface area contributed by atoms with E-state index in [1.165, 1.54) is 35.1 Å². The number of aliphatic hydroxyl groups excluding tert-OH is 1. The van der Waals surface area contributed by atoms with Gasteiger partial charge in [-0.1, -0.05) is 61.9 Å². The van der Waals surface area contributed by atoms with E-state index in [1.807, 2.05) is 0 Å². The molecule has 0 aromatic heterocycles. The molecular formula is C19H26ClNO. The van der Waals surface area contributed by atoms with Crippen LogP contribution in [0.1, 0.15) is 30.9 Å². The molecule has 0 aliphatic heterocycles. The Morgan fingerprint density at radius 3 is 1.86 bits per heavy atom. The smallest absolute Gasteiger partial charge is 0.0585 e. The minimum atomic E-state index is -0.173. The van der Waals surface area contributed by atoms with E-state index in [9.17, 15) is 0 Å². The maximum absolute atomic E-state index is 8.99. The molecule has 3 N–H and O–H groups in total. The van der Waals surface area contributed by atoms with Crippen molar-refractivity contribution in [2.45, 2.75) is 38.6 Å². The number of hydrogen-bond acceptors (Lipinski definition) is 2. The van der Waals surface area contributed by atoms with Crippen molar-refractivity contribution in [1.29, 1.82) is 0 Å². The monoisotopic (exact) mass is 319 g/mol. The van der Waals surface area contributed by atoms with Gasteiger partial charge in [-0.2, -0.15) is 0 Å². The van der Waals surface area contributed by atoms with Gasteiger partial charge in [0.1, 0.15) is 0 Å². The minimum Gasteiger partial charge on any atom is -0.395 e. The third-order valence-corrected chi connectivity index (χ3v) is 3.79. The van der Waals surface area contributed by atoms with E-state index >= 15 is 0 Å². The summed E-state index contributed by atoms with van der Waals surface area (Å²) in [5, 5.41) is 8.99. The predicted molar refractivity (Wildman–Crippen MR) is 96.5 cm³/mol. The third kappa shape index (κ3) is 5.45. The Bertz CT molecular complexity index is 536. The van der Waals surface area contributed by atoms with E-state index in [1.54, 1.807) is 0 Å². The molecule has 2 aromatic rings. The lowest BCUT2D eigenvalue weighted by atomic mass is 9.99. The molecule has 0 saturated heterocycles. The summed E-state index contributed by atoms with van der Waals surface area (Å²) in [6, 6.07) is 17.1. The summed E-state index contributed by atoms with van der Waals surface area (Å²) >= 11 is 0. The first kappa shape index (κ1) is 18.7. The van der Waals surface area contributed by atoms with Crippen molar-refractivity contribution >= 4 is 12.4 Å². The number of halogens is 1. The number of hydrogen-bond donors (Lipinski definition) is 2. The van der Waals surface area contributed by atoms with Crippen LogP contribution in [-0.4, -0.2) is 17.8 Å². The maximum atomic E-state index is 8.99. The zero-order valence-corrected chi connectivity index (χ0v) is 14.0. The van der Waals surface area contributed by atoms with Crippen LogP contribution in [0.2, 0.25) is 0 Å². The molecular weight excluding hydrogens is 294 g/mol. The molecule has 2 aromatic carbocycles. The van der Waals surface area contributed by atoms with Gasteiger partial charge in [0.05, 0.1) is 6.61 Å². The number of aryl methyl sites for hydroxylation is 1. The highest BCUT2D eigenvalue weighted by Gasteiger charge is 2.03. The molecule has 2 rings (SSSR count). The van der Waals surface area contributed by atoms with Gasteiger partial charge in [-0.25, -0.2) is 0 Å². The summed E-state index contributed by atoms with van der Waals surface area (Å²) in [6.07, 6.45) is 4.36. The molecule has 0 aliphatic rings. The number of aliphatic hydroxyl groups is 1. The van der Waals surface area contributed by atoms with Crippen LogP contribution in [0.3, 0.4) is 0 Å². The van der Waals surface area contributed by atoms with Gasteiger partial charge in [-0.05, 0) is 41.5 Å². The molecule has 0 saturated carbocycles. The third-order valence-electron chi connectivity index (χ3n) is 3.79. The van der Waals surface area contributed by atoms with Gasteiger partial charge in [-0.3, -0.25) is 0 Å². The van der Waals surface area contributed by atoms with E-state index < -0.39 is 0 Å². The number of benzene rings is 2. The fraction of sp³-hybridized carbons (Fsp3) is 0.368. The Hall–Kier alpha value is -1.35. The Kier molecular flexibility index (Phi) is 8.18. The second-order valence-electron chi connectivity index (χ2n) is 5.64. The van der Waals surface area contributed by atoms with Crippen molar-refractivity contribution in [2.75, 3.05) is 6.61 Å². The maximum Gasteiger partial charge on any atom is 0.0585 e. The molecule has 0 aliphatic carbocycles. The fourth-order valence-electron chi connectivity index (χ4n) is 2.45. The van der Waals surface area contributed by atoms with Gasteiger partial charge >= 0.3 is 0 Å². The van der Waals surface area contributed by atoms with E-state index in [0.29, 0.717) is 6.42 Å². The van der Waals surface area contributed by atoms with Gasteiger partial charge < -0.3 is 10.8 Å². The SMILES string of the molecule is CCCCc1ccc(-c2ccc(CC(N)CO)cc2)cc1.Cl. The highest BCUT2D eigenvalue weighted by atomic mass is 35.5. The second kappa shape index (κ2) is 9.62. The molecule has 120 valence electrons. The van der Waals surface area contributed by atoms with Gasteiger partial charge in [0.25, 0.3) is 0 Å². The van der Waals surface area contributed by atoms with Crippen molar-refractivity contribution in [3.05, 3.63) is 59.7 Å². The van der Waals surface area contributed by atoms with Crippen molar-refractivity contribution in [1.82, 2.24) is 0 Å². The predicted octanol–water partition coefficient (Wildman–Crippen LogP) is 3.98. The fourth-order valence-corrected chi connectivity index (χ4v) is 2.45. The largest absolute Gasteiger partial charge is 0.395 e. The number of nitrogens with two attached hydrogens (primary N) is 1. The Balaban J connectivity index is 0.00000242. The van der Waals surface area contributed by atoms with E-state index in [2.05, 4.69) is 55.5 Å². The van der Waals surface area contributed by atoms with Crippen LogP contribution < -0.4 is 5.73 Å². The summed E-state index contributed by atoms with van der Waals surface area (Å²) in [4.78, 5) is 0. The van der Waals surface area contributed by atoms with Crippen molar-refractivity contribution < 1.29 is 5.11 Å². The lowest BCUT2D eigenvalue weighted by Crippen LogP contribution is -2.26. The first-order chi connectivity index (χ1) is 10.2. The van der Waals surface area contributed by atoms with Crippen LogP contribution in [0.4, 0.5) is 0 Å². The molecule has 0 bridgehead atoms. The zero-order chi connectivity index (χ0) is 15.1. The molecule has 0 fully saturated rings. The van der Waals surface area contributed by atoms with Crippen LogP contribution in [0.15, 0.2) is 48.5 Å². The van der Waals surface area contributed by atoms with Gasteiger partial charge in [0.15, 0.2) is 0 Å². The first-order valence-corrected chi connectivity index (χ1v) is 7.77. The zero-order valence-electron chi connectivity index (χ0n) is 13.2. The van der Waals surface area contributed by atoms with Gasteiger partial charge in [0, 0.05) is 6.04 Å². The normalized spacial score (nSPS) is 11.8. The number of rotatable bonds is 7. The van der Waals surface area contributed by atoms with Crippen molar-refractivity contribution in [3.63, 3.8) is 0 Å². The lowest BCUT2D eigenvalue weighted by molar-refractivity contribution is 0.265. The Morgan fingerprint density at radius 1 is 0.909 bits per heavy atom. The summed E-state index contributed by atoms with van der Waals surface area (Å²) in [5.74, 6) is 0. The van der Waals surface area contributed by atoms with Crippen molar-refractivity contribution in [2.24, 2.45) is 5.73 Å². The average Bonchev–Trinajstić information content (AvgIpc) is 2.54.